The molecule has 1 aliphatic rings. The molecule has 0 aliphatic carbocycles. The molecule has 7 heteroatoms. The van der Waals surface area contributed by atoms with Gasteiger partial charge in [0.05, 0.1) is 0 Å². The third kappa shape index (κ3) is 3.46. The summed E-state index contributed by atoms with van der Waals surface area (Å²) in [5.41, 5.74) is 0.864. The van der Waals surface area contributed by atoms with E-state index >= 15 is 0 Å². The largest absolute Gasteiger partial charge is 0.336 e. The quantitative estimate of drug-likeness (QED) is 0.709. The molecule has 3 aromatic rings. The minimum Gasteiger partial charge on any atom is -0.336 e. The molecule has 0 unspecified atom stereocenters. The van der Waals surface area contributed by atoms with Crippen LogP contribution in [-0.4, -0.2) is 51.3 Å². The van der Waals surface area contributed by atoms with E-state index in [-0.39, 0.29) is 22.8 Å². The van der Waals surface area contributed by atoms with Crippen molar-refractivity contribution in [3.63, 3.8) is 0 Å². The predicted molar refractivity (Wildman–Crippen MR) is 99.0 cm³/mol. The topological polar surface area (TPSA) is 57.9 Å². The van der Waals surface area contributed by atoms with E-state index in [1.54, 1.807) is 41.4 Å². The van der Waals surface area contributed by atoms with Gasteiger partial charge in [0.15, 0.2) is 0 Å². The molecule has 27 heavy (non-hydrogen) atoms. The number of hydrogen-bond acceptors (Lipinski definition) is 4. The molecule has 0 radical (unpaired) electrons. The summed E-state index contributed by atoms with van der Waals surface area (Å²) in [6.07, 6.45) is 2.96. The molecule has 1 saturated heterocycles. The van der Waals surface area contributed by atoms with Crippen molar-refractivity contribution in [1.82, 2.24) is 19.2 Å². The molecule has 0 bridgehead atoms. The van der Waals surface area contributed by atoms with Gasteiger partial charge in [0.2, 0.25) is 0 Å². The molecule has 138 valence electrons. The van der Waals surface area contributed by atoms with Gasteiger partial charge in [0.25, 0.3) is 11.5 Å². The maximum atomic E-state index is 13.8. The second-order valence-electron chi connectivity index (χ2n) is 6.57. The van der Waals surface area contributed by atoms with E-state index in [1.165, 1.54) is 16.7 Å². The van der Waals surface area contributed by atoms with Crippen molar-refractivity contribution in [2.75, 3.05) is 26.2 Å². The number of carbonyl (C=O) groups is 1. The first-order chi connectivity index (χ1) is 13.1. The molecule has 1 amide bonds. The number of carbonyl (C=O) groups excluding carboxylic acids is 1. The zero-order valence-corrected chi connectivity index (χ0v) is 14.7. The van der Waals surface area contributed by atoms with Crippen molar-refractivity contribution in [2.24, 2.45) is 0 Å². The van der Waals surface area contributed by atoms with Crippen molar-refractivity contribution in [1.29, 1.82) is 0 Å². The van der Waals surface area contributed by atoms with E-state index in [0.29, 0.717) is 43.9 Å². The first-order valence-corrected chi connectivity index (χ1v) is 8.85. The van der Waals surface area contributed by atoms with Crippen LogP contribution in [-0.2, 0) is 6.54 Å². The highest BCUT2D eigenvalue weighted by atomic mass is 19.1. The Morgan fingerprint density at radius 1 is 1.04 bits per heavy atom. The van der Waals surface area contributed by atoms with E-state index in [1.807, 2.05) is 6.07 Å². The van der Waals surface area contributed by atoms with E-state index < -0.39 is 0 Å². The number of pyridine rings is 1. The number of benzene rings is 1. The lowest BCUT2D eigenvalue weighted by molar-refractivity contribution is 0.0624. The molecule has 4 rings (SSSR count). The second kappa shape index (κ2) is 7.28. The molecule has 1 fully saturated rings. The van der Waals surface area contributed by atoms with Crippen molar-refractivity contribution >= 4 is 11.6 Å². The number of rotatable bonds is 3. The van der Waals surface area contributed by atoms with Gasteiger partial charge in [-0.2, -0.15) is 0 Å². The number of nitrogens with zero attached hydrogens (tertiary/aromatic N) is 4. The Hall–Kier alpha value is -3.06. The number of aromatic nitrogens is 2. The van der Waals surface area contributed by atoms with Crippen LogP contribution < -0.4 is 5.56 Å². The Balaban J connectivity index is 1.45. The fraction of sp³-hybridized carbons (Fsp3) is 0.250. The number of amides is 1. The molecule has 0 N–H and O–H groups in total. The fourth-order valence-electron chi connectivity index (χ4n) is 3.32. The third-order valence-corrected chi connectivity index (χ3v) is 4.86. The predicted octanol–water partition coefficient (Wildman–Crippen LogP) is 1.79. The van der Waals surface area contributed by atoms with Gasteiger partial charge < -0.3 is 4.90 Å². The van der Waals surface area contributed by atoms with Gasteiger partial charge in [-0.15, -0.1) is 0 Å². The molecule has 0 spiro atoms. The van der Waals surface area contributed by atoms with Gasteiger partial charge in [-0.1, -0.05) is 24.3 Å². The summed E-state index contributed by atoms with van der Waals surface area (Å²) < 4.78 is 15.2. The molecule has 1 aromatic carbocycles. The first-order valence-electron chi connectivity index (χ1n) is 8.85. The highest BCUT2D eigenvalue weighted by molar-refractivity contribution is 5.93. The molecule has 2 aromatic heterocycles. The summed E-state index contributed by atoms with van der Waals surface area (Å²) in [7, 11) is 0. The van der Waals surface area contributed by atoms with Crippen molar-refractivity contribution in [3.05, 3.63) is 82.2 Å². The first kappa shape index (κ1) is 17.4. The van der Waals surface area contributed by atoms with Crippen molar-refractivity contribution in [3.8, 4) is 0 Å². The summed E-state index contributed by atoms with van der Waals surface area (Å²) in [5.74, 6) is -0.525. The van der Waals surface area contributed by atoms with E-state index in [2.05, 4.69) is 9.88 Å². The Morgan fingerprint density at radius 3 is 2.56 bits per heavy atom. The smallest absolute Gasteiger partial charge is 0.270 e. The van der Waals surface area contributed by atoms with Crippen LogP contribution in [0.15, 0.2) is 59.7 Å². The number of piperazine rings is 1. The van der Waals surface area contributed by atoms with E-state index in [4.69, 9.17) is 0 Å². The minimum atomic E-state index is -0.362. The third-order valence-electron chi connectivity index (χ3n) is 4.86. The van der Waals surface area contributed by atoms with Crippen LogP contribution in [0.2, 0.25) is 0 Å². The molecule has 0 atom stereocenters. The lowest BCUT2D eigenvalue weighted by atomic mass is 10.1. The fourth-order valence-corrected chi connectivity index (χ4v) is 3.32. The van der Waals surface area contributed by atoms with Gasteiger partial charge in [-0.05, 0) is 18.2 Å². The number of fused-ring (bicyclic) bond motifs is 1. The molecule has 1 aliphatic heterocycles. The Labute approximate surface area is 155 Å². The minimum absolute atomic E-state index is 0.0706. The van der Waals surface area contributed by atoms with Gasteiger partial charge >= 0.3 is 0 Å². The lowest BCUT2D eigenvalue weighted by Crippen LogP contribution is -2.49. The maximum absolute atomic E-state index is 13.8. The zero-order valence-electron chi connectivity index (χ0n) is 14.7. The normalized spacial score (nSPS) is 15.2. The van der Waals surface area contributed by atoms with Gasteiger partial charge in [0.1, 0.15) is 17.0 Å². The van der Waals surface area contributed by atoms with Gasteiger partial charge in [0, 0.05) is 50.7 Å². The highest BCUT2D eigenvalue weighted by Crippen LogP contribution is 2.13. The van der Waals surface area contributed by atoms with Crippen molar-refractivity contribution < 1.29 is 9.18 Å². The van der Waals surface area contributed by atoms with Crippen LogP contribution >= 0.6 is 0 Å². The van der Waals surface area contributed by atoms with Gasteiger partial charge in [-0.3, -0.25) is 18.9 Å². The van der Waals surface area contributed by atoms with Crippen LogP contribution in [0.5, 0.6) is 0 Å². The number of hydrogen-bond donors (Lipinski definition) is 0. The maximum Gasteiger partial charge on any atom is 0.270 e. The Morgan fingerprint density at radius 2 is 1.78 bits per heavy atom. The van der Waals surface area contributed by atoms with Crippen LogP contribution in [0.3, 0.4) is 0 Å². The van der Waals surface area contributed by atoms with Crippen LogP contribution in [0, 0.1) is 5.82 Å². The summed E-state index contributed by atoms with van der Waals surface area (Å²) in [6.45, 7) is 2.74. The molecule has 6 nitrogen and oxygen atoms in total. The molecular weight excluding hydrogens is 347 g/mol. The second-order valence-corrected chi connectivity index (χ2v) is 6.57. The van der Waals surface area contributed by atoms with Gasteiger partial charge in [-0.25, -0.2) is 9.37 Å². The van der Waals surface area contributed by atoms with E-state index in [0.717, 1.165) is 0 Å². The average Bonchev–Trinajstić information content (AvgIpc) is 2.70. The highest BCUT2D eigenvalue weighted by Gasteiger charge is 2.25. The molecule has 0 saturated carbocycles. The summed E-state index contributed by atoms with van der Waals surface area (Å²) in [6, 6.07) is 12.0. The molecular formula is C20H19FN4O2. The summed E-state index contributed by atoms with van der Waals surface area (Å²) in [4.78, 5) is 33.3. The van der Waals surface area contributed by atoms with Crippen LogP contribution in [0.1, 0.15) is 15.9 Å². The van der Waals surface area contributed by atoms with Crippen LogP contribution in [0.25, 0.3) is 5.65 Å². The summed E-state index contributed by atoms with van der Waals surface area (Å²) >= 11 is 0. The monoisotopic (exact) mass is 366 g/mol. The summed E-state index contributed by atoms with van der Waals surface area (Å²) in [5, 5.41) is 0. The Bertz CT molecular complexity index is 1040. The van der Waals surface area contributed by atoms with E-state index in [9.17, 15) is 14.0 Å². The van der Waals surface area contributed by atoms with Crippen molar-refractivity contribution in [2.45, 2.75) is 6.54 Å². The average molecular weight is 366 g/mol. The Kier molecular flexibility index (Phi) is 4.68. The zero-order chi connectivity index (χ0) is 18.8. The van der Waals surface area contributed by atoms with Crippen LogP contribution in [0.4, 0.5) is 4.39 Å². The standard InChI is InChI=1S/C20H19FN4O2/c21-17-6-2-1-5-15(17)14-23-9-11-24(12-10-23)19(26)16-13-22-18-7-3-4-8-25(18)20(16)27/h1-8,13H,9-12,14H2. The molecule has 3 heterocycles. The SMILES string of the molecule is O=C(c1cnc2ccccn2c1=O)N1CCN(Cc2ccccc2F)CC1. The lowest BCUT2D eigenvalue weighted by Gasteiger charge is -2.34. The number of halogens is 1.